The SMILES string of the molecule is NC1c2ccccc2CC12CCN(c1nn3ccnc3s1)CC2. The van der Waals surface area contributed by atoms with E-state index in [1.807, 2.05) is 10.7 Å². The van der Waals surface area contributed by atoms with Gasteiger partial charge in [0.25, 0.3) is 0 Å². The van der Waals surface area contributed by atoms with Crippen LogP contribution in [0.25, 0.3) is 4.96 Å². The van der Waals surface area contributed by atoms with Crippen molar-refractivity contribution in [3.05, 3.63) is 47.8 Å². The molecule has 23 heavy (non-hydrogen) atoms. The van der Waals surface area contributed by atoms with Crippen molar-refractivity contribution in [2.75, 3.05) is 18.0 Å². The van der Waals surface area contributed by atoms with Gasteiger partial charge in [0.05, 0.1) is 6.20 Å². The smallest absolute Gasteiger partial charge is 0.213 e. The van der Waals surface area contributed by atoms with E-state index in [-0.39, 0.29) is 11.5 Å². The Bertz CT molecular complexity index is 830. The Balaban J connectivity index is 1.38. The Morgan fingerprint density at radius 2 is 2.04 bits per heavy atom. The first-order valence-electron chi connectivity index (χ1n) is 8.14. The molecule has 1 aromatic carbocycles. The molecule has 1 unspecified atom stereocenters. The highest BCUT2D eigenvalue weighted by Crippen LogP contribution is 2.51. The summed E-state index contributed by atoms with van der Waals surface area (Å²) in [6, 6.07) is 8.86. The van der Waals surface area contributed by atoms with Crippen molar-refractivity contribution in [2.45, 2.75) is 25.3 Å². The summed E-state index contributed by atoms with van der Waals surface area (Å²) in [5.74, 6) is 0. The molecule has 2 N–H and O–H groups in total. The van der Waals surface area contributed by atoms with E-state index in [1.165, 1.54) is 11.1 Å². The number of piperidine rings is 1. The Morgan fingerprint density at radius 1 is 1.22 bits per heavy atom. The molecule has 1 saturated heterocycles. The summed E-state index contributed by atoms with van der Waals surface area (Å²) in [5, 5.41) is 5.71. The van der Waals surface area contributed by atoms with Crippen molar-refractivity contribution in [1.29, 1.82) is 0 Å². The molecule has 1 fully saturated rings. The largest absolute Gasteiger partial charge is 0.347 e. The Labute approximate surface area is 138 Å². The van der Waals surface area contributed by atoms with Gasteiger partial charge in [-0.15, -0.1) is 5.10 Å². The fourth-order valence-corrected chi connectivity index (χ4v) is 5.12. The van der Waals surface area contributed by atoms with Crippen LogP contribution in [0.1, 0.15) is 30.0 Å². The van der Waals surface area contributed by atoms with Crippen LogP contribution in [0.15, 0.2) is 36.7 Å². The topological polar surface area (TPSA) is 59.5 Å². The van der Waals surface area contributed by atoms with Gasteiger partial charge in [-0.25, -0.2) is 9.50 Å². The second kappa shape index (κ2) is 4.79. The van der Waals surface area contributed by atoms with Crippen LogP contribution in [-0.4, -0.2) is 27.7 Å². The van der Waals surface area contributed by atoms with E-state index in [1.54, 1.807) is 17.5 Å². The van der Waals surface area contributed by atoms with Crippen molar-refractivity contribution in [3.63, 3.8) is 0 Å². The van der Waals surface area contributed by atoms with Gasteiger partial charge in [-0.05, 0) is 35.8 Å². The average Bonchev–Trinajstić information content (AvgIpc) is 3.23. The number of hydrogen-bond acceptors (Lipinski definition) is 5. The molecule has 5 rings (SSSR count). The van der Waals surface area contributed by atoms with E-state index >= 15 is 0 Å². The molecule has 1 aliphatic heterocycles. The second-order valence-corrected chi connectivity index (χ2v) is 7.68. The summed E-state index contributed by atoms with van der Waals surface area (Å²) in [7, 11) is 0. The maximum atomic E-state index is 6.64. The third-order valence-electron chi connectivity index (χ3n) is 5.59. The highest BCUT2D eigenvalue weighted by atomic mass is 32.1. The molecule has 6 heteroatoms. The lowest BCUT2D eigenvalue weighted by Gasteiger charge is -2.42. The van der Waals surface area contributed by atoms with Crippen LogP contribution in [-0.2, 0) is 6.42 Å². The van der Waals surface area contributed by atoms with Crippen molar-refractivity contribution >= 4 is 21.4 Å². The number of benzene rings is 1. The van der Waals surface area contributed by atoms with Gasteiger partial charge in [-0.2, -0.15) is 0 Å². The van der Waals surface area contributed by atoms with E-state index in [0.717, 1.165) is 42.4 Å². The molecule has 3 aromatic rings. The third kappa shape index (κ3) is 1.95. The maximum absolute atomic E-state index is 6.64. The van der Waals surface area contributed by atoms with Crippen molar-refractivity contribution in [1.82, 2.24) is 14.6 Å². The number of rotatable bonds is 1. The van der Waals surface area contributed by atoms with Crippen LogP contribution in [0, 0.1) is 5.41 Å². The van der Waals surface area contributed by atoms with Gasteiger partial charge in [-0.3, -0.25) is 0 Å². The molecule has 118 valence electrons. The van der Waals surface area contributed by atoms with Crippen LogP contribution in [0.2, 0.25) is 0 Å². The van der Waals surface area contributed by atoms with Gasteiger partial charge in [-0.1, -0.05) is 35.6 Å². The van der Waals surface area contributed by atoms with E-state index in [2.05, 4.69) is 39.2 Å². The van der Waals surface area contributed by atoms with E-state index in [0.29, 0.717) is 0 Å². The zero-order valence-electron chi connectivity index (χ0n) is 12.9. The van der Waals surface area contributed by atoms with Crippen LogP contribution >= 0.6 is 11.3 Å². The van der Waals surface area contributed by atoms with Crippen LogP contribution in [0.3, 0.4) is 0 Å². The molecule has 0 amide bonds. The predicted molar refractivity (Wildman–Crippen MR) is 91.8 cm³/mol. The first kappa shape index (κ1) is 13.5. The summed E-state index contributed by atoms with van der Waals surface area (Å²) < 4.78 is 1.86. The molecule has 2 aliphatic rings. The first-order chi connectivity index (χ1) is 11.3. The van der Waals surface area contributed by atoms with Gasteiger partial charge in [0.15, 0.2) is 0 Å². The Morgan fingerprint density at radius 3 is 2.83 bits per heavy atom. The molecular formula is C17H19N5S. The van der Waals surface area contributed by atoms with Gasteiger partial charge in [0, 0.05) is 25.3 Å². The molecule has 0 saturated carbocycles. The zero-order valence-corrected chi connectivity index (χ0v) is 13.7. The van der Waals surface area contributed by atoms with Crippen LogP contribution in [0.5, 0.6) is 0 Å². The van der Waals surface area contributed by atoms with Crippen molar-refractivity contribution < 1.29 is 0 Å². The predicted octanol–water partition coefficient (Wildman–Crippen LogP) is 2.63. The molecular weight excluding hydrogens is 306 g/mol. The molecule has 0 bridgehead atoms. The Kier molecular flexibility index (Phi) is 2.81. The number of anilines is 1. The summed E-state index contributed by atoms with van der Waals surface area (Å²) in [6.07, 6.45) is 7.09. The molecule has 1 atom stereocenters. The standard InChI is InChI=1S/C17H19N5S/c18-14-13-4-2-1-3-12(13)11-17(14)5-8-21(9-6-17)16-20-22-10-7-19-15(22)23-16/h1-4,7,10,14H,5-6,8-9,11,18H2. The van der Waals surface area contributed by atoms with Crippen LogP contribution < -0.4 is 10.6 Å². The number of nitrogens with two attached hydrogens (primary N) is 1. The highest BCUT2D eigenvalue weighted by molar-refractivity contribution is 7.20. The molecule has 1 aliphatic carbocycles. The summed E-state index contributed by atoms with van der Waals surface area (Å²) in [5.41, 5.74) is 9.67. The van der Waals surface area contributed by atoms with Gasteiger partial charge in [0.2, 0.25) is 10.1 Å². The van der Waals surface area contributed by atoms with E-state index < -0.39 is 0 Å². The van der Waals surface area contributed by atoms with Crippen LogP contribution in [0.4, 0.5) is 5.13 Å². The normalized spacial score (nSPS) is 22.8. The minimum atomic E-state index is 0.175. The Hall–Kier alpha value is -1.92. The van der Waals surface area contributed by atoms with Crippen molar-refractivity contribution in [3.8, 4) is 0 Å². The first-order valence-corrected chi connectivity index (χ1v) is 8.95. The number of aromatic nitrogens is 3. The minimum absolute atomic E-state index is 0.175. The lowest BCUT2D eigenvalue weighted by molar-refractivity contribution is 0.187. The number of imidazole rings is 1. The molecule has 0 radical (unpaired) electrons. The molecule has 5 nitrogen and oxygen atoms in total. The maximum Gasteiger partial charge on any atom is 0.213 e. The summed E-state index contributed by atoms with van der Waals surface area (Å²) in [6.45, 7) is 2.05. The minimum Gasteiger partial charge on any atom is -0.347 e. The lowest BCUT2D eigenvalue weighted by Crippen LogP contribution is -2.44. The second-order valence-electron chi connectivity index (χ2n) is 6.74. The van der Waals surface area contributed by atoms with E-state index in [9.17, 15) is 0 Å². The monoisotopic (exact) mass is 325 g/mol. The summed E-state index contributed by atoms with van der Waals surface area (Å²) >= 11 is 1.66. The van der Waals surface area contributed by atoms with Gasteiger partial charge in [0.1, 0.15) is 0 Å². The van der Waals surface area contributed by atoms with Gasteiger partial charge >= 0.3 is 0 Å². The quantitative estimate of drug-likeness (QED) is 0.747. The number of hydrogen-bond donors (Lipinski definition) is 1. The van der Waals surface area contributed by atoms with E-state index in [4.69, 9.17) is 5.73 Å². The molecule has 1 spiro atoms. The van der Waals surface area contributed by atoms with Gasteiger partial charge < -0.3 is 10.6 Å². The summed E-state index contributed by atoms with van der Waals surface area (Å²) in [4.78, 5) is 7.67. The zero-order chi connectivity index (χ0) is 15.4. The third-order valence-corrected chi connectivity index (χ3v) is 6.58. The molecule has 2 aromatic heterocycles. The lowest BCUT2D eigenvalue weighted by atomic mass is 9.73. The number of fused-ring (bicyclic) bond motifs is 2. The average molecular weight is 325 g/mol. The number of nitrogens with zero attached hydrogens (tertiary/aromatic N) is 4. The fourth-order valence-electron chi connectivity index (χ4n) is 4.20. The van der Waals surface area contributed by atoms with Crippen molar-refractivity contribution in [2.24, 2.45) is 11.1 Å². The molecule has 3 heterocycles. The highest BCUT2D eigenvalue weighted by Gasteiger charge is 2.46. The fraction of sp³-hybridized carbons (Fsp3) is 0.412.